The van der Waals surface area contributed by atoms with Crippen molar-refractivity contribution in [1.82, 2.24) is 0 Å². The topological polar surface area (TPSA) is 27.7 Å². The van der Waals surface area contributed by atoms with Gasteiger partial charge in [0.15, 0.2) is 5.79 Å². The van der Waals surface area contributed by atoms with Crippen molar-refractivity contribution in [3.63, 3.8) is 0 Å². The molecule has 124 valence electrons. The minimum Gasteiger partial charge on any atom is -0.547 e. The summed E-state index contributed by atoms with van der Waals surface area (Å²) in [4.78, 5) is 0. The molecule has 2 bridgehead atoms. The number of rotatable bonds is 2. The van der Waals surface area contributed by atoms with E-state index in [1.54, 1.807) is 0 Å². The molecule has 0 radical (unpaired) electrons. The third-order valence-corrected chi connectivity index (χ3v) is 7.38. The first-order chi connectivity index (χ1) is 10.3. The molecule has 3 nitrogen and oxygen atoms in total. The third kappa shape index (κ3) is 1.99. The van der Waals surface area contributed by atoms with Crippen molar-refractivity contribution in [3.05, 3.63) is 11.8 Å². The number of hydrogen-bond donors (Lipinski definition) is 0. The Morgan fingerprint density at radius 2 is 1.91 bits per heavy atom. The molecule has 22 heavy (non-hydrogen) atoms. The van der Waals surface area contributed by atoms with Crippen molar-refractivity contribution in [2.75, 3.05) is 13.2 Å². The van der Waals surface area contributed by atoms with E-state index in [2.05, 4.69) is 32.6 Å². The Kier molecular flexibility index (Phi) is 3.19. The fourth-order valence-electron chi connectivity index (χ4n) is 5.61. The molecule has 0 aromatic heterocycles. The Balaban J connectivity index is 1.70. The molecule has 4 aliphatic rings. The Morgan fingerprint density at radius 3 is 2.59 bits per heavy atom. The van der Waals surface area contributed by atoms with Gasteiger partial charge in [0.25, 0.3) is 0 Å². The second kappa shape index (κ2) is 4.61. The summed E-state index contributed by atoms with van der Waals surface area (Å²) in [7, 11) is -1.56. The Hall–Kier alpha value is -0.323. The van der Waals surface area contributed by atoms with Gasteiger partial charge in [-0.3, -0.25) is 0 Å². The largest absolute Gasteiger partial charge is 0.547 e. The molecule has 4 heteroatoms. The van der Waals surface area contributed by atoms with Crippen LogP contribution in [0.5, 0.6) is 0 Å². The van der Waals surface area contributed by atoms with E-state index in [9.17, 15) is 0 Å². The highest BCUT2D eigenvalue weighted by Gasteiger charge is 2.68. The predicted octanol–water partition coefficient (Wildman–Crippen LogP) is 4.46. The molecule has 4 rings (SSSR count). The van der Waals surface area contributed by atoms with Crippen LogP contribution in [-0.2, 0) is 13.9 Å². The smallest absolute Gasteiger partial charge is 0.241 e. The third-order valence-electron chi connectivity index (χ3n) is 6.55. The van der Waals surface area contributed by atoms with Crippen LogP contribution in [-0.4, -0.2) is 27.3 Å². The van der Waals surface area contributed by atoms with Gasteiger partial charge in [0.05, 0.1) is 19.0 Å². The van der Waals surface area contributed by atoms with E-state index in [1.165, 1.54) is 31.4 Å². The zero-order valence-electron chi connectivity index (χ0n) is 14.5. The van der Waals surface area contributed by atoms with Gasteiger partial charge in [-0.15, -0.1) is 0 Å². The van der Waals surface area contributed by atoms with E-state index in [0.717, 1.165) is 26.1 Å². The summed E-state index contributed by atoms with van der Waals surface area (Å²) in [6.45, 7) is 10.8. The minimum atomic E-state index is -1.56. The molecule has 0 aromatic rings. The highest BCUT2D eigenvalue weighted by Crippen LogP contribution is 2.70. The highest BCUT2D eigenvalue weighted by atomic mass is 28.4. The van der Waals surface area contributed by atoms with Gasteiger partial charge in [-0.25, -0.2) is 0 Å². The lowest BCUT2D eigenvalue weighted by atomic mass is 9.57. The maximum Gasteiger partial charge on any atom is 0.241 e. The fraction of sp³-hybridized carbons (Fsp3) is 0.889. The summed E-state index contributed by atoms with van der Waals surface area (Å²) in [5.41, 5.74) is 0.424. The lowest BCUT2D eigenvalue weighted by Gasteiger charge is -2.54. The van der Waals surface area contributed by atoms with E-state index in [0.29, 0.717) is 5.92 Å². The SMILES string of the molecule is C[C@]12CC[C@@]3(C1)C(O[Si](C)(C)C)=CCC[C@H]3CC21OCCO1. The first-order valence-electron chi connectivity index (χ1n) is 8.96. The Bertz CT molecular complexity index is 503. The molecule has 3 atom stereocenters. The summed E-state index contributed by atoms with van der Waals surface area (Å²) in [5.74, 6) is 1.69. The summed E-state index contributed by atoms with van der Waals surface area (Å²) in [6.07, 6.45) is 9.53. The standard InChI is InChI=1S/C18H30O3Si/c1-16-8-9-17(13-16)14(12-18(16)19-10-11-20-18)6-5-7-15(17)21-22(2,3)4/h7,14H,5-6,8-13H2,1-4H3/t14-,16-,17-/m0/s1. The molecule has 0 unspecified atom stereocenters. The van der Waals surface area contributed by atoms with E-state index in [4.69, 9.17) is 13.9 Å². The van der Waals surface area contributed by atoms with Crippen LogP contribution in [0.25, 0.3) is 0 Å². The zero-order chi connectivity index (χ0) is 15.6. The molecular formula is C18H30O3Si. The van der Waals surface area contributed by atoms with Crippen LogP contribution in [0.4, 0.5) is 0 Å². The summed E-state index contributed by atoms with van der Waals surface area (Å²) in [5, 5.41) is 0. The maximum absolute atomic E-state index is 6.58. The van der Waals surface area contributed by atoms with Gasteiger partial charge in [-0.05, 0) is 63.7 Å². The maximum atomic E-state index is 6.58. The molecule has 1 heterocycles. The lowest BCUT2D eigenvalue weighted by molar-refractivity contribution is -0.263. The molecule has 0 aromatic carbocycles. The number of ether oxygens (including phenoxy) is 2. The molecule has 1 aliphatic heterocycles. The first-order valence-corrected chi connectivity index (χ1v) is 12.4. The van der Waals surface area contributed by atoms with Crippen molar-refractivity contribution in [2.45, 2.75) is 70.9 Å². The number of allylic oxidation sites excluding steroid dienone is 2. The molecule has 2 spiro atoms. The lowest BCUT2D eigenvalue weighted by Crippen LogP contribution is -2.55. The van der Waals surface area contributed by atoms with Gasteiger partial charge < -0.3 is 13.9 Å². The normalized spacial score (nSPS) is 43.1. The first kappa shape index (κ1) is 15.2. The van der Waals surface area contributed by atoms with E-state index >= 15 is 0 Å². The summed E-state index contributed by atoms with van der Waals surface area (Å²) < 4.78 is 19.0. The predicted molar refractivity (Wildman–Crippen MR) is 88.9 cm³/mol. The van der Waals surface area contributed by atoms with E-state index < -0.39 is 8.32 Å². The molecule has 3 aliphatic carbocycles. The minimum absolute atomic E-state index is 0.152. The van der Waals surface area contributed by atoms with E-state index in [1.807, 2.05) is 0 Å². The molecule has 2 saturated carbocycles. The number of hydrogen-bond acceptors (Lipinski definition) is 3. The van der Waals surface area contributed by atoms with Crippen LogP contribution in [0.3, 0.4) is 0 Å². The average molecular weight is 323 g/mol. The van der Waals surface area contributed by atoms with Gasteiger partial charge in [0, 0.05) is 17.3 Å². The van der Waals surface area contributed by atoms with Crippen molar-refractivity contribution in [2.24, 2.45) is 16.7 Å². The van der Waals surface area contributed by atoms with Crippen LogP contribution in [0.15, 0.2) is 11.8 Å². The van der Waals surface area contributed by atoms with Crippen LogP contribution >= 0.6 is 0 Å². The van der Waals surface area contributed by atoms with Crippen LogP contribution in [0.2, 0.25) is 19.6 Å². The zero-order valence-corrected chi connectivity index (χ0v) is 15.5. The second-order valence-corrected chi connectivity index (χ2v) is 13.5. The molecule has 0 N–H and O–H groups in total. The van der Waals surface area contributed by atoms with Crippen molar-refractivity contribution < 1.29 is 13.9 Å². The van der Waals surface area contributed by atoms with Gasteiger partial charge in [0.2, 0.25) is 8.32 Å². The van der Waals surface area contributed by atoms with Gasteiger partial charge in [-0.1, -0.05) is 6.92 Å². The van der Waals surface area contributed by atoms with Crippen molar-refractivity contribution in [1.29, 1.82) is 0 Å². The van der Waals surface area contributed by atoms with Crippen molar-refractivity contribution in [3.8, 4) is 0 Å². The Labute approximate surface area is 135 Å². The molecule has 3 fully saturated rings. The summed E-state index contributed by atoms with van der Waals surface area (Å²) in [6, 6.07) is 0. The second-order valence-electron chi connectivity index (χ2n) is 9.10. The number of fused-ring (bicyclic) bond motifs is 2. The summed E-state index contributed by atoms with van der Waals surface area (Å²) >= 11 is 0. The molecule has 0 amide bonds. The van der Waals surface area contributed by atoms with Gasteiger partial charge in [0.1, 0.15) is 0 Å². The van der Waals surface area contributed by atoms with Gasteiger partial charge >= 0.3 is 0 Å². The molecular weight excluding hydrogens is 292 g/mol. The quantitative estimate of drug-likeness (QED) is 0.703. The van der Waals surface area contributed by atoms with Crippen LogP contribution in [0, 0.1) is 16.7 Å². The van der Waals surface area contributed by atoms with Gasteiger partial charge in [-0.2, -0.15) is 0 Å². The average Bonchev–Trinajstić information content (AvgIpc) is 2.99. The monoisotopic (exact) mass is 322 g/mol. The van der Waals surface area contributed by atoms with Crippen LogP contribution < -0.4 is 0 Å². The van der Waals surface area contributed by atoms with Crippen molar-refractivity contribution >= 4 is 8.32 Å². The fourth-order valence-corrected chi connectivity index (χ4v) is 6.56. The molecule has 1 saturated heterocycles. The van der Waals surface area contributed by atoms with Crippen LogP contribution in [0.1, 0.15) is 45.4 Å². The van der Waals surface area contributed by atoms with E-state index in [-0.39, 0.29) is 16.6 Å². The Morgan fingerprint density at radius 1 is 1.18 bits per heavy atom. The highest BCUT2D eigenvalue weighted by molar-refractivity contribution is 6.70.